The predicted molar refractivity (Wildman–Crippen MR) is 72.1 cm³/mol. The van der Waals surface area contributed by atoms with Gasteiger partial charge in [0.25, 0.3) is 0 Å². The lowest BCUT2D eigenvalue weighted by Crippen LogP contribution is -2.35. The zero-order chi connectivity index (χ0) is 13.7. The Hall–Kier alpha value is -2.08. The lowest BCUT2D eigenvalue weighted by atomic mass is 10.2. The zero-order valence-corrected chi connectivity index (χ0v) is 10.7. The Morgan fingerprint density at radius 1 is 1.21 bits per heavy atom. The van der Waals surface area contributed by atoms with Gasteiger partial charge in [0.15, 0.2) is 0 Å². The summed E-state index contributed by atoms with van der Waals surface area (Å²) in [5.41, 5.74) is 1.32. The van der Waals surface area contributed by atoms with Crippen molar-refractivity contribution in [1.82, 2.24) is 5.32 Å². The van der Waals surface area contributed by atoms with Crippen LogP contribution in [0, 0.1) is 0 Å². The number of amides is 2. The van der Waals surface area contributed by atoms with Gasteiger partial charge >= 0.3 is 6.09 Å². The van der Waals surface area contributed by atoms with E-state index >= 15 is 0 Å². The van der Waals surface area contributed by atoms with Gasteiger partial charge < -0.3 is 15.4 Å². The first kappa shape index (κ1) is 13.4. The fourth-order valence-electron chi connectivity index (χ4n) is 1.94. The molecule has 0 aliphatic carbocycles. The Morgan fingerprint density at radius 2 is 1.84 bits per heavy atom. The van der Waals surface area contributed by atoms with Crippen LogP contribution in [-0.2, 0) is 9.53 Å². The lowest BCUT2D eigenvalue weighted by Gasteiger charge is -2.11. The van der Waals surface area contributed by atoms with Gasteiger partial charge in [-0.15, -0.1) is 0 Å². The fraction of sp³-hybridized carbons (Fsp3) is 0.385. The molecule has 1 atom stereocenters. The summed E-state index contributed by atoms with van der Waals surface area (Å²) in [5, 5.41) is 8.51. The number of carbonyl (C=O) groups excluding carboxylic acids is 2. The predicted octanol–water partition coefficient (Wildman–Crippen LogP) is 1.56. The minimum Gasteiger partial charge on any atom is -0.453 e. The molecule has 1 aliphatic rings. The molecule has 2 rings (SSSR count). The van der Waals surface area contributed by atoms with Crippen molar-refractivity contribution in [2.24, 2.45) is 0 Å². The van der Waals surface area contributed by atoms with E-state index in [1.807, 2.05) is 0 Å². The van der Waals surface area contributed by atoms with Crippen LogP contribution in [0.1, 0.15) is 12.8 Å². The van der Waals surface area contributed by atoms with Crippen LogP contribution in [0.4, 0.5) is 16.2 Å². The minimum atomic E-state index is -0.521. The van der Waals surface area contributed by atoms with E-state index in [9.17, 15) is 9.59 Å². The first-order valence-electron chi connectivity index (χ1n) is 6.18. The first-order valence-corrected chi connectivity index (χ1v) is 6.18. The molecule has 0 saturated carbocycles. The highest BCUT2D eigenvalue weighted by molar-refractivity contribution is 5.95. The molecule has 1 aromatic rings. The zero-order valence-electron chi connectivity index (χ0n) is 10.7. The van der Waals surface area contributed by atoms with E-state index in [2.05, 4.69) is 20.7 Å². The Kier molecular flexibility index (Phi) is 4.35. The number of benzene rings is 1. The van der Waals surface area contributed by atoms with Crippen molar-refractivity contribution in [3.63, 3.8) is 0 Å². The number of hydrogen-bond acceptors (Lipinski definition) is 4. The molecule has 0 unspecified atom stereocenters. The summed E-state index contributed by atoms with van der Waals surface area (Å²) in [6.45, 7) is 0.889. The van der Waals surface area contributed by atoms with Gasteiger partial charge in [-0.05, 0) is 43.7 Å². The molecule has 1 heterocycles. The normalized spacial score (nSPS) is 17.8. The van der Waals surface area contributed by atoms with Gasteiger partial charge in [-0.25, -0.2) is 4.79 Å². The number of ether oxygens (including phenoxy) is 1. The van der Waals surface area contributed by atoms with Gasteiger partial charge in [-0.2, -0.15) is 0 Å². The van der Waals surface area contributed by atoms with Crippen LogP contribution < -0.4 is 16.0 Å². The molecule has 0 aromatic heterocycles. The number of hydrogen-bond donors (Lipinski definition) is 3. The summed E-state index contributed by atoms with van der Waals surface area (Å²) in [4.78, 5) is 22.9. The van der Waals surface area contributed by atoms with E-state index in [0.717, 1.165) is 19.4 Å². The molecule has 0 bridgehead atoms. The van der Waals surface area contributed by atoms with Gasteiger partial charge in [0.05, 0.1) is 13.2 Å². The van der Waals surface area contributed by atoms with Crippen molar-refractivity contribution in [2.75, 3.05) is 24.3 Å². The Labute approximate surface area is 111 Å². The third-order valence-electron chi connectivity index (χ3n) is 2.96. The van der Waals surface area contributed by atoms with Gasteiger partial charge in [-0.1, -0.05) is 0 Å². The van der Waals surface area contributed by atoms with Gasteiger partial charge in [-0.3, -0.25) is 10.1 Å². The number of nitrogens with one attached hydrogen (secondary N) is 3. The minimum absolute atomic E-state index is 0.0221. The third kappa shape index (κ3) is 3.69. The van der Waals surface area contributed by atoms with E-state index in [4.69, 9.17) is 0 Å². The average molecular weight is 263 g/mol. The van der Waals surface area contributed by atoms with Crippen LogP contribution in [0.3, 0.4) is 0 Å². The molecule has 19 heavy (non-hydrogen) atoms. The molecule has 0 spiro atoms. The molecule has 1 fully saturated rings. The maximum atomic E-state index is 11.9. The number of methoxy groups -OCH3 is 1. The maximum Gasteiger partial charge on any atom is 0.411 e. The highest BCUT2D eigenvalue weighted by Gasteiger charge is 2.21. The van der Waals surface area contributed by atoms with Crippen LogP contribution in [-0.4, -0.2) is 31.7 Å². The fourth-order valence-corrected chi connectivity index (χ4v) is 1.94. The highest BCUT2D eigenvalue weighted by Crippen LogP contribution is 2.15. The first-order chi connectivity index (χ1) is 9.19. The summed E-state index contributed by atoms with van der Waals surface area (Å²) < 4.78 is 4.49. The summed E-state index contributed by atoms with van der Waals surface area (Å²) in [5.74, 6) is -0.0221. The van der Waals surface area contributed by atoms with Gasteiger partial charge in [0.2, 0.25) is 5.91 Å². The van der Waals surface area contributed by atoms with Crippen LogP contribution in [0.25, 0.3) is 0 Å². The summed E-state index contributed by atoms with van der Waals surface area (Å²) in [6.07, 6.45) is 1.38. The smallest absolute Gasteiger partial charge is 0.411 e. The van der Waals surface area contributed by atoms with Crippen molar-refractivity contribution in [3.05, 3.63) is 24.3 Å². The summed E-state index contributed by atoms with van der Waals surface area (Å²) >= 11 is 0. The molecule has 3 N–H and O–H groups in total. The molecule has 1 saturated heterocycles. The van der Waals surface area contributed by atoms with Crippen LogP contribution in [0.2, 0.25) is 0 Å². The Morgan fingerprint density at radius 3 is 2.37 bits per heavy atom. The summed E-state index contributed by atoms with van der Waals surface area (Å²) in [7, 11) is 1.30. The van der Waals surface area contributed by atoms with Crippen molar-refractivity contribution in [2.45, 2.75) is 18.9 Å². The molecule has 2 amide bonds. The largest absolute Gasteiger partial charge is 0.453 e. The number of anilines is 2. The third-order valence-corrected chi connectivity index (χ3v) is 2.96. The second-order valence-corrected chi connectivity index (χ2v) is 4.33. The van der Waals surface area contributed by atoms with E-state index < -0.39 is 6.09 Å². The Balaban J connectivity index is 1.91. The van der Waals surface area contributed by atoms with E-state index in [1.54, 1.807) is 24.3 Å². The van der Waals surface area contributed by atoms with Gasteiger partial charge in [0.1, 0.15) is 0 Å². The molecule has 1 aliphatic heterocycles. The van der Waals surface area contributed by atoms with Crippen molar-refractivity contribution < 1.29 is 14.3 Å². The number of rotatable bonds is 3. The monoisotopic (exact) mass is 263 g/mol. The molecule has 0 radical (unpaired) electrons. The quantitative estimate of drug-likeness (QED) is 0.773. The summed E-state index contributed by atoms with van der Waals surface area (Å²) in [6, 6.07) is 6.77. The second kappa shape index (κ2) is 6.19. The highest BCUT2D eigenvalue weighted by atomic mass is 16.5. The maximum absolute atomic E-state index is 11.9. The average Bonchev–Trinajstić information content (AvgIpc) is 2.95. The topological polar surface area (TPSA) is 79.5 Å². The Bertz CT molecular complexity index is 453. The molecule has 6 nitrogen and oxygen atoms in total. The van der Waals surface area contributed by atoms with E-state index in [1.165, 1.54) is 7.11 Å². The molecular weight excluding hydrogens is 246 g/mol. The van der Waals surface area contributed by atoms with Crippen LogP contribution in [0.5, 0.6) is 0 Å². The van der Waals surface area contributed by atoms with Crippen LogP contribution in [0.15, 0.2) is 24.3 Å². The molecule has 1 aromatic carbocycles. The SMILES string of the molecule is COC(=O)Nc1ccc(NC(=O)[C@@H]2CCCN2)cc1. The molecule has 6 heteroatoms. The van der Waals surface area contributed by atoms with Crippen LogP contribution >= 0.6 is 0 Å². The molecule has 102 valence electrons. The van der Waals surface area contributed by atoms with Crippen molar-refractivity contribution >= 4 is 23.4 Å². The second-order valence-electron chi connectivity index (χ2n) is 4.33. The van der Waals surface area contributed by atoms with Crippen molar-refractivity contribution in [1.29, 1.82) is 0 Å². The van der Waals surface area contributed by atoms with E-state index in [0.29, 0.717) is 11.4 Å². The van der Waals surface area contributed by atoms with E-state index in [-0.39, 0.29) is 11.9 Å². The number of carbonyl (C=O) groups is 2. The lowest BCUT2D eigenvalue weighted by molar-refractivity contribution is -0.117. The standard InChI is InChI=1S/C13H17N3O3/c1-19-13(18)16-10-6-4-9(5-7-10)15-12(17)11-3-2-8-14-11/h4-7,11,14H,2-3,8H2,1H3,(H,15,17)(H,16,18)/t11-/m0/s1. The van der Waals surface area contributed by atoms with Gasteiger partial charge in [0, 0.05) is 11.4 Å². The molecular formula is C13H17N3O3. The van der Waals surface area contributed by atoms with Crippen molar-refractivity contribution in [3.8, 4) is 0 Å².